The van der Waals surface area contributed by atoms with E-state index in [4.69, 9.17) is 30.5 Å². The number of alkyl carbamates (subject to hydrolysis) is 2. The Balaban J connectivity index is 1.16. The minimum Gasteiger partial charge on any atom is -0.506 e. The second-order valence-corrected chi connectivity index (χ2v) is 16.9. The van der Waals surface area contributed by atoms with Crippen molar-refractivity contribution in [3.63, 3.8) is 0 Å². The molecule has 0 saturated carbocycles. The number of hydrogen-bond donors (Lipinski definition) is 5. The van der Waals surface area contributed by atoms with Gasteiger partial charge < -0.3 is 50.2 Å². The lowest BCUT2D eigenvalue weighted by Gasteiger charge is -2.38. The van der Waals surface area contributed by atoms with E-state index in [0.29, 0.717) is 30.2 Å². The van der Waals surface area contributed by atoms with E-state index in [1.54, 1.807) is 70.7 Å². The van der Waals surface area contributed by atoms with Crippen LogP contribution in [0, 0.1) is 0 Å². The third-order valence-electron chi connectivity index (χ3n) is 8.96. The molecule has 0 bridgehead atoms. The number of anilines is 4. The molecule has 2 atom stereocenters. The monoisotopic (exact) mass is 866 g/mol. The highest BCUT2D eigenvalue weighted by Gasteiger charge is 2.33. The van der Waals surface area contributed by atoms with Gasteiger partial charge in [-0.2, -0.15) is 15.0 Å². The Kier molecular flexibility index (Phi) is 14.2. The number of nitrogens with one attached hydrogen (secondary N) is 4. The second-order valence-electron chi connectivity index (χ2n) is 16.6. The summed E-state index contributed by atoms with van der Waals surface area (Å²) in [5, 5.41) is 22.5. The third kappa shape index (κ3) is 13.6. The van der Waals surface area contributed by atoms with E-state index in [1.807, 2.05) is 60.7 Å². The maximum atomic E-state index is 13.7. The molecule has 62 heavy (non-hydrogen) atoms. The minimum absolute atomic E-state index is 0.0461. The highest BCUT2D eigenvalue weighted by Crippen LogP contribution is 2.32. The first-order valence-corrected chi connectivity index (χ1v) is 20.4. The van der Waals surface area contributed by atoms with Crippen LogP contribution in [0.1, 0.15) is 69.4 Å². The molecule has 1 fully saturated rings. The van der Waals surface area contributed by atoms with Crippen LogP contribution in [0.2, 0.25) is 5.28 Å². The number of benzene rings is 4. The number of aromatic hydroxyl groups is 1. The molecule has 6 rings (SSSR count). The summed E-state index contributed by atoms with van der Waals surface area (Å²) in [7, 11) is 0. The zero-order valence-corrected chi connectivity index (χ0v) is 36.2. The fraction of sp³-hybridized carbons (Fsp3) is 0.333. The van der Waals surface area contributed by atoms with E-state index in [9.17, 15) is 19.5 Å². The maximum absolute atomic E-state index is 13.7. The van der Waals surface area contributed by atoms with Crippen LogP contribution in [0.15, 0.2) is 97.1 Å². The van der Waals surface area contributed by atoms with Gasteiger partial charge in [0.15, 0.2) is 0 Å². The van der Waals surface area contributed by atoms with Crippen LogP contribution in [0.3, 0.4) is 0 Å². The second kappa shape index (κ2) is 19.7. The number of carbonyl (C=O) groups is 3. The van der Waals surface area contributed by atoms with Crippen LogP contribution < -0.4 is 35.6 Å². The predicted molar refractivity (Wildman–Crippen MR) is 235 cm³/mol. The summed E-state index contributed by atoms with van der Waals surface area (Å²) < 4.78 is 23.1. The minimum atomic E-state index is -0.723. The Labute approximate surface area is 365 Å². The van der Waals surface area contributed by atoms with E-state index in [0.717, 1.165) is 11.1 Å². The zero-order valence-electron chi connectivity index (χ0n) is 35.4. The number of carbonyl (C=O) groups excluding carboxylic acids is 3. The Bertz CT molecular complexity index is 2300. The molecule has 0 radical (unpaired) electrons. The van der Waals surface area contributed by atoms with Gasteiger partial charge in [0.1, 0.15) is 41.7 Å². The summed E-state index contributed by atoms with van der Waals surface area (Å²) in [5.41, 5.74) is 1.19. The molecular weight excluding hydrogens is 816 g/mol. The largest absolute Gasteiger partial charge is 0.506 e. The lowest BCUT2D eigenvalue weighted by molar-refractivity contribution is 0.0475. The van der Waals surface area contributed by atoms with Crippen LogP contribution in [-0.4, -0.2) is 74.5 Å². The summed E-state index contributed by atoms with van der Waals surface area (Å²) in [5.74, 6) is 0.251. The number of nitrogens with zero attached hydrogens (tertiary/aromatic N) is 4. The van der Waals surface area contributed by atoms with Crippen LogP contribution in [-0.2, 0) is 22.7 Å². The predicted octanol–water partition coefficient (Wildman–Crippen LogP) is 8.38. The number of aromatic nitrogens is 3. The van der Waals surface area contributed by atoms with Crippen molar-refractivity contribution in [2.24, 2.45) is 0 Å². The number of hydrogen-bond acceptors (Lipinski definition) is 13. The van der Waals surface area contributed by atoms with E-state index in [2.05, 4.69) is 36.2 Å². The standard InChI is InChI=1S/C45H51ClN8O8/c1-44(2,3)61-42(57)48-31-21-32(49-43(58)62-45(4,5)6)25-54(24-31)41-52-39(46)51-40(53-41)47-30-17-20-35(36(55)22-30)50-38(56)34-19-18-33(59-26-28-13-9-7-10-14-28)23-37(34)60-27-29-15-11-8-12-16-29/h7-20,22-23,31-32,55H,21,24-27H2,1-6H3,(H,48,57)(H,49,58)(H,50,56)(H,47,51,52,53). The quantitative estimate of drug-likeness (QED) is 0.0708. The van der Waals surface area contributed by atoms with Crippen molar-refractivity contribution in [1.82, 2.24) is 25.6 Å². The highest BCUT2D eigenvalue weighted by atomic mass is 35.5. The summed E-state index contributed by atoms with van der Waals surface area (Å²) in [4.78, 5) is 54.1. The fourth-order valence-electron chi connectivity index (χ4n) is 6.37. The smallest absolute Gasteiger partial charge is 0.407 e. The van der Waals surface area contributed by atoms with Crippen molar-refractivity contribution in [2.75, 3.05) is 28.6 Å². The molecule has 17 heteroatoms. The van der Waals surface area contributed by atoms with Gasteiger partial charge in [-0.15, -0.1) is 0 Å². The lowest BCUT2D eigenvalue weighted by atomic mass is 10.0. The number of piperidine rings is 1. The fourth-order valence-corrected chi connectivity index (χ4v) is 6.52. The van der Waals surface area contributed by atoms with Crippen molar-refractivity contribution in [3.8, 4) is 17.2 Å². The van der Waals surface area contributed by atoms with Gasteiger partial charge in [-0.05, 0) is 95.0 Å². The number of phenolic OH excluding ortho intramolecular Hbond substituents is 1. The Morgan fingerprint density at radius 2 is 1.32 bits per heavy atom. The third-order valence-corrected chi connectivity index (χ3v) is 9.13. The lowest BCUT2D eigenvalue weighted by Crippen LogP contribution is -2.58. The number of amides is 3. The van der Waals surface area contributed by atoms with Crippen LogP contribution >= 0.6 is 11.6 Å². The van der Waals surface area contributed by atoms with Crippen molar-refractivity contribution >= 4 is 53.0 Å². The van der Waals surface area contributed by atoms with E-state index in [1.165, 1.54) is 12.1 Å². The van der Waals surface area contributed by atoms with Crippen LogP contribution in [0.25, 0.3) is 0 Å². The maximum Gasteiger partial charge on any atom is 0.407 e. The molecule has 1 saturated heterocycles. The first-order valence-electron chi connectivity index (χ1n) is 20.0. The summed E-state index contributed by atoms with van der Waals surface area (Å²) in [6.07, 6.45) is -0.859. The SMILES string of the molecule is CC(C)(C)OC(=O)NC1CC(NC(=O)OC(C)(C)C)CN(c2nc(Cl)nc(Nc3ccc(NC(=O)c4ccc(OCc5ccccc5)cc4OCc4ccccc4)c(O)c3)n2)C1. The van der Waals surface area contributed by atoms with E-state index >= 15 is 0 Å². The summed E-state index contributed by atoms with van der Waals surface area (Å²) >= 11 is 6.40. The van der Waals surface area contributed by atoms with Crippen molar-refractivity contribution < 1.29 is 38.4 Å². The number of rotatable bonds is 13. The number of ether oxygens (including phenoxy) is 4. The van der Waals surface area contributed by atoms with Gasteiger partial charge in [0.05, 0.1) is 23.3 Å². The van der Waals surface area contributed by atoms with Gasteiger partial charge >= 0.3 is 12.2 Å². The van der Waals surface area contributed by atoms with Crippen molar-refractivity contribution in [2.45, 2.75) is 84.5 Å². The average Bonchev–Trinajstić information content (AvgIpc) is 3.19. The van der Waals surface area contributed by atoms with Gasteiger partial charge in [0, 0.05) is 30.9 Å². The molecule has 5 N–H and O–H groups in total. The summed E-state index contributed by atoms with van der Waals surface area (Å²) in [6, 6.07) is 27.8. The molecule has 2 heterocycles. The Hall–Kier alpha value is -6.81. The van der Waals surface area contributed by atoms with Crippen LogP contribution in [0.4, 0.5) is 32.9 Å². The van der Waals surface area contributed by atoms with E-state index in [-0.39, 0.29) is 53.9 Å². The normalized spacial score (nSPS) is 15.2. The molecule has 0 spiro atoms. The molecule has 5 aromatic rings. The Morgan fingerprint density at radius 1 is 0.742 bits per heavy atom. The first kappa shape index (κ1) is 44.7. The van der Waals surface area contributed by atoms with Gasteiger partial charge in [-0.25, -0.2) is 9.59 Å². The molecule has 1 aliphatic heterocycles. The van der Waals surface area contributed by atoms with E-state index < -0.39 is 41.4 Å². The molecule has 326 valence electrons. The van der Waals surface area contributed by atoms with Gasteiger partial charge in [0.25, 0.3) is 5.91 Å². The van der Waals surface area contributed by atoms with Gasteiger partial charge in [-0.1, -0.05) is 60.7 Å². The molecule has 16 nitrogen and oxygen atoms in total. The molecule has 1 aromatic heterocycles. The topological polar surface area (TPSA) is 198 Å². The van der Waals surface area contributed by atoms with Crippen LogP contribution in [0.5, 0.6) is 17.2 Å². The first-order chi connectivity index (χ1) is 29.4. The number of phenols is 1. The molecule has 2 unspecified atom stereocenters. The van der Waals surface area contributed by atoms with Crippen molar-refractivity contribution in [1.29, 1.82) is 0 Å². The highest BCUT2D eigenvalue weighted by molar-refractivity contribution is 6.28. The molecule has 1 aliphatic rings. The molecule has 3 amide bonds. The summed E-state index contributed by atoms with van der Waals surface area (Å²) in [6.45, 7) is 11.6. The van der Waals surface area contributed by atoms with Gasteiger partial charge in [-0.3, -0.25) is 4.79 Å². The van der Waals surface area contributed by atoms with Gasteiger partial charge in [0.2, 0.25) is 17.2 Å². The average molecular weight is 867 g/mol. The molecule has 4 aromatic carbocycles. The zero-order chi connectivity index (χ0) is 44.4. The number of halogens is 1. The molecule has 0 aliphatic carbocycles. The Morgan fingerprint density at radius 3 is 1.89 bits per heavy atom. The molecular formula is C45H51ClN8O8. The van der Waals surface area contributed by atoms with Crippen molar-refractivity contribution in [3.05, 3.63) is 119 Å².